The van der Waals surface area contributed by atoms with E-state index in [-0.39, 0.29) is 6.10 Å². The van der Waals surface area contributed by atoms with Crippen molar-refractivity contribution in [3.63, 3.8) is 0 Å². The van der Waals surface area contributed by atoms with E-state index in [9.17, 15) is 0 Å². The molecule has 1 rings (SSSR count). The first-order chi connectivity index (χ1) is 6.67. The van der Waals surface area contributed by atoms with Crippen LogP contribution in [0.1, 0.15) is 37.9 Å². The van der Waals surface area contributed by atoms with Gasteiger partial charge >= 0.3 is 0 Å². The topological polar surface area (TPSA) is 61.0 Å². The summed E-state index contributed by atoms with van der Waals surface area (Å²) in [6, 6.07) is 1.81. The van der Waals surface area contributed by atoms with E-state index >= 15 is 0 Å². The zero-order chi connectivity index (χ0) is 10.6. The maximum Gasteiger partial charge on any atom is 0.159 e. The molecule has 0 aromatic carbocycles. The minimum atomic E-state index is -0.103. The van der Waals surface area contributed by atoms with Crippen LogP contribution in [0.4, 0.5) is 5.82 Å². The number of aryl methyl sites for hydroxylation is 1. The van der Waals surface area contributed by atoms with Crippen LogP contribution in [0.15, 0.2) is 6.07 Å². The van der Waals surface area contributed by atoms with Gasteiger partial charge < -0.3 is 10.5 Å². The summed E-state index contributed by atoms with van der Waals surface area (Å²) in [5.41, 5.74) is 6.66. The molecule has 0 saturated carbocycles. The average Bonchev–Trinajstić information content (AvgIpc) is 2.16. The van der Waals surface area contributed by atoms with Crippen molar-refractivity contribution in [3.05, 3.63) is 17.6 Å². The number of nitrogen functional groups attached to an aromatic ring is 1. The molecule has 1 atom stereocenters. The van der Waals surface area contributed by atoms with E-state index in [0.717, 1.165) is 18.5 Å². The molecule has 14 heavy (non-hydrogen) atoms. The molecule has 0 amide bonds. The SMILES string of the molecule is CCCc1cc(N)nc(C(C)OC)n1. The van der Waals surface area contributed by atoms with E-state index in [1.165, 1.54) is 0 Å². The standard InChI is InChI=1S/C10H17N3O/c1-4-5-8-6-9(11)13-10(12-8)7(2)14-3/h6-7H,4-5H2,1-3H3,(H2,11,12,13). The third-order valence-corrected chi connectivity index (χ3v) is 2.04. The van der Waals surface area contributed by atoms with Gasteiger partial charge in [-0.05, 0) is 13.3 Å². The lowest BCUT2D eigenvalue weighted by atomic mass is 10.2. The van der Waals surface area contributed by atoms with Crippen molar-refractivity contribution in [2.45, 2.75) is 32.8 Å². The van der Waals surface area contributed by atoms with Gasteiger partial charge in [-0.2, -0.15) is 0 Å². The van der Waals surface area contributed by atoms with Crippen LogP contribution in [0.5, 0.6) is 0 Å². The second kappa shape index (κ2) is 4.91. The van der Waals surface area contributed by atoms with Gasteiger partial charge in [-0.15, -0.1) is 0 Å². The highest BCUT2D eigenvalue weighted by molar-refractivity contribution is 5.30. The monoisotopic (exact) mass is 195 g/mol. The summed E-state index contributed by atoms with van der Waals surface area (Å²) >= 11 is 0. The van der Waals surface area contributed by atoms with Crippen molar-refractivity contribution < 1.29 is 4.74 Å². The fraction of sp³-hybridized carbons (Fsp3) is 0.600. The van der Waals surface area contributed by atoms with Crippen LogP contribution in [0.3, 0.4) is 0 Å². The molecule has 0 fully saturated rings. The normalized spacial score (nSPS) is 12.8. The van der Waals surface area contributed by atoms with E-state index in [0.29, 0.717) is 11.6 Å². The Bertz CT molecular complexity index is 301. The maximum absolute atomic E-state index is 5.68. The molecule has 78 valence electrons. The van der Waals surface area contributed by atoms with Gasteiger partial charge in [0, 0.05) is 18.9 Å². The van der Waals surface area contributed by atoms with Crippen molar-refractivity contribution in [1.82, 2.24) is 9.97 Å². The second-order valence-electron chi connectivity index (χ2n) is 3.27. The summed E-state index contributed by atoms with van der Waals surface area (Å²) in [7, 11) is 1.64. The summed E-state index contributed by atoms with van der Waals surface area (Å²) in [4.78, 5) is 8.51. The second-order valence-corrected chi connectivity index (χ2v) is 3.27. The summed E-state index contributed by atoms with van der Waals surface area (Å²) in [5, 5.41) is 0. The number of anilines is 1. The van der Waals surface area contributed by atoms with Crippen LogP contribution < -0.4 is 5.73 Å². The third-order valence-electron chi connectivity index (χ3n) is 2.04. The maximum atomic E-state index is 5.68. The zero-order valence-corrected chi connectivity index (χ0v) is 8.95. The van der Waals surface area contributed by atoms with Gasteiger partial charge in [0.2, 0.25) is 0 Å². The number of nitrogens with zero attached hydrogens (tertiary/aromatic N) is 2. The smallest absolute Gasteiger partial charge is 0.159 e. The van der Waals surface area contributed by atoms with Crippen LogP contribution >= 0.6 is 0 Å². The third kappa shape index (κ3) is 2.67. The van der Waals surface area contributed by atoms with Crippen molar-refractivity contribution in [2.24, 2.45) is 0 Å². The van der Waals surface area contributed by atoms with Gasteiger partial charge in [-0.25, -0.2) is 9.97 Å². The molecule has 4 heteroatoms. The van der Waals surface area contributed by atoms with Crippen LogP contribution in [-0.4, -0.2) is 17.1 Å². The van der Waals surface area contributed by atoms with Crippen molar-refractivity contribution in [2.75, 3.05) is 12.8 Å². The summed E-state index contributed by atoms with van der Waals surface area (Å²) in [5.74, 6) is 1.18. The first-order valence-corrected chi connectivity index (χ1v) is 4.83. The summed E-state index contributed by atoms with van der Waals surface area (Å²) in [6.07, 6.45) is 1.88. The molecule has 0 bridgehead atoms. The quantitative estimate of drug-likeness (QED) is 0.794. The Morgan fingerprint density at radius 3 is 2.79 bits per heavy atom. The van der Waals surface area contributed by atoms with Gasteiger partial charge in [0.1, 0.15) is 11.9 Å². The largest absolute Gasteiger partial charge is 0.384 e. The molecule has 1 heterocycles. The fourth-order valence-electron chi connectivity index (χ4n) is 1.21. The first kappa shape index (κ1) is 10.9. The van der Waals surface area contributed by atoms with Gasteiger partial charge in [0.25, 0.3) is 0 Å². The van der Waals surface area contributed by atoms with Gasteiger partial charge in [-0.1, -0.05) is 13.3 Å². The van der Waals surface area contributed by atoms with E-state index in [2.05, 4.69) is 16.9 Å². The van der Waals surface area contributed by atoms with E-state index < -0.39 is 0 Å². The Morgan fingerprint density at radius 1 is 1.50 bits per heavy atom. The summed E-state index contributed by atoms with van der Waals surface area (Å²) in [6.45, 7) is 4.02. The fourth-order valence-corrected chi connectivity index (χ4v) is 1.21. The Labute approximate surface area is 84.5 Å². The molecule has 2 N–H and O–H groups in total. The summed E-state index contributed by atoms with van der Waals surface area (Å²) < 4.78 is 5.14. The minimum absolute atomic E-state index is 0.103. The Morgan fingerprint density at radius 2 is 2.21 bits per heavy atom. The molecular formula is C10H17N3O. The number of rotatable bonds is 4. The van der Waals surface area contributed by atoms with Crippen LogP contribution in [-0.2, 0) is 11.2 Å². The molecule has 0 aliphatic carbocycles. The average molecular weight is 195 g/mol. The van der Waals surface area contributed by atoms with E-state index in [4.69, 9.17) is 10.5 Å². The van der Waals surface area contributed by atoms with Crippen molar-refractivity contribution in [3.8, 4) is 0 Å². The predicted octanol–water partition coefficient (Wildman–Crippen LogP) is 1.72. The Hall–Kier alpha value is -1.16. The number of ether oxygens (including phenoxy) is 1. The van der Waals surface area contributed by atoms with Gasteiger partial charge in [-0.3, -0.25) is 0 Å². The Balaban J connectivity index is 2.94. The molecule has 1 aromatic rings. The Kier molecular flexibility index (Phi) is 3.83. The number of methoxy groups -OCH3 is 1. The van der Waals surface area contributed by atoms with E-state index in [1.54, 1.807) is 7.11 Å². The zero-order valence-electron chi connectivity index (χ0n) is 8.95. The lowest BCUT2D eigenvalue weighted by molar-refractivity contribution is 0.112. The molecule has 0 aliphatic rings. The highest BCUT2D eigenvalue weighted by atomic mass is 16.5. The molecular weight excluding hydrogens is 178 g/mol. The van der Waals surface area contributed by atoms with Crippen molar-refractivity contribution in [1.29, 1.82) is 0 Å². The lowest BCUT2D eigenvalue weighted by Crippen LogP contribution is -2.07. The molecule has 0 aliphatic heterocycles. The first-order valence-electron chi connectivity index (χ1n) is 4.83. The molecule has 0 radical (unpaired) electrons. The number of hydrogen-bond donors (Lipinski definition) is 1. The highest BCUT2D eigenvalue weighted by Crippen LogP contribution is 2.14. The number of aromatic nitrogens is 2. The molecule has 1 unspecified atom stereocenters. The minimum Gasteiger partial charge on any atom is -0.384 e. The molecule has 0 saturated heterocycles. The van der Waals surface area contributed by atoms with Crippen LogP contribution in [0.25, 0.3) is 0 Å². The number of nitrogens with two attached hydrogens (primary N) is 1. The molecule has 0 spiro atoms. The van der Waals surface area contributed by atoms with E-state index in [1.807, 2.05) is 13.0 Å². The predicted molar refractivity (Wildman–Crippen MR) is 55.9 cm³/mol. The van der Waals surface area contributed by atoms with Crippen LogP contribution in [0, 0.1) is 0 Å². The lowest BCUT2D eigenvalue weighted by Gasteiger charge is -2.10. The van der Waals surface area contributed by atoms with Crippen molar-refractivity contribution >= 4 is 5.82 Å². The molecule has 1 aromatic heterocycles. The van der Waals surface area contributed by atoms with Crippen LogP contribution in [0.2, 0.25) is 0 Å². The number of hydrogen-bond acceptors (Lipinski definition) is 4. The van der Waals surface area contributed by atoms with Gasteiger partial charge in [0.15, 0.2) is 5.82 Å². The molecule has 4 nitrogen and oxygen atoms in total. The van der Waals surface area contributed by atoms with Gasteiger partial charge in [0.05, 0.1) is 0 Å². The highest BCUT2D eigenvalue weighted by Gasteiger charge is 2.09.